The van der Waals surface area contributed by atoms with Gasteiger partial charge in [0, 0.05) is 6.42 Å². The third-order valence-corrected chi connectivity index (χ3v) is 2.57. The van der Waals surface area contributed by atoms with Crippen LogP contribution in [0.3, 0.4) is 0 Å². The summed E-state index contributed by atoms with van der Waals surface area (Å²) < 4.78 is 167. The summed E-state index contributed by atoms with van der Waals surface area (Å²) in [6.45, 7) is 3.43. The summed E-state index contributed by atoms with van der Waals surface area (Å²) in [7, 11) is 0. The molecule has 0 aromatic carbocycles. The number of ether oxygens (including phenoxy) is 1. The molecule has 0 aliphatic rings. The van der Waals surface area contributed by atoms with Gasteiger partial charge in [-0.25, -0.2) is 0 Å². The molecule has 0 saturated carbocycles. The van der Waals surface area contributed by atoms with E-state index in [0.717, 1.165) is 6.92 Å². The van der Waals surface area contributed by atoms with Crippen molar-refractivity contribution in [3.8, 4) is 0 Å². The van der Waals surface area contributed by atoms with Crippen LogP contribution in [0.2, 0.25) is 0 Å². The third kappa shape index (κ3) is 3.10. The van der Waals surface area contributed by atoms with Crippen molar-refractivity contribution in [2.45, 2.75) is 49.3 Å². The summed E-state index contributed by atoms with van der Waals surface area (Å²) in [5.41, 5.74) is 0. The van der Waals surface area contributed by atoms with Crippen LogP contribution >= 0.6 is 0 Å². The Balaban J connectivity index is 6.15. The van der Waals surface area contributed by atoms with Crippen LogP contribution < -0.4 is 0 Å². The predicted octanol–water partition coefficient (Wildman–Crippen LogP) is 5.62. The predicted molar refractivity (Wildman–Crippen MR) is 51.3 cm³/mol. The van der Waals surface area contributed by atoms with Crippen molar-refractivity contribution in [1.29, 1.82) is 0 Å². The van der Waals surface area contributed by atoms with E-state index in [4.69, 9.17) is 0 Å². The number of rotatable bonds is 7. The van der Waals surface area contributed by atoms with E-state index in [1.54, 1.807) is 0 Å². The minimum Gasteiger partial charge on any atom is -0.433 e. The van der Waals surface area contributed by atoms with Crippen LogP contribution in [0.5, 0.6) is 0 Å². The Bertz CT molecular complexity index is 476. The van der Waals surface area contributed by atoms with Gasteiger partial charge in [0.1, 0.15) is 0 Å². The lowest BCUT2D eigenvalue weighted by molar-refractivity contribution is -0.462. The molecule has 0 atom stereocenters. The van der Waals surface area contributed by atoms with Crippen molar-refractivity contribution in [3.63, 3.8) is 0 Å². The summed E-state index contributed by atoms with van der Waals surface area (Å²) >= 11 is 0. The summed E-state index contributed by atoms with van der Waals surface area (Å²) in [5.74, 6) is -32.3. The molecule has 0 unspecified atom stereocenters. The first-order chi connectivity index (χ1) is 10.2. The number of hydrogen-bond donors (Lipinski definition) is 0. The number of halogens is 13. The molecule has 0 radical (unpaired) electrons. The topological polar surface area (TPSA) is 9.23 Å². The zero-order valence-electron chi connectivity index (χ0n) is 11.2. The van der Waals surface area contributed by atoms with E-state index in [1.807, 2.05) is 0 Å². The monoisotopic (exact) mass is 390 g/mol. The molecule has 0 aromatic heterocycles. The highest BCUT2D eigenvalue weighted by molar-refractivity contribution is 5.09. The third-order valence-electron chi connectivity index (χ3n) is 2.57. The Kier molecular flexibility index (Phi) is 5.53. The standard InChI is InChI=1S/C10H7F13O/c1-3-4(2)24-10(22,23)8(17,18)6(13,14)5(11,12)7(15,16)9(19,20)21/h2-3H2,1H3. The molecule has 0 heterocycles. The quantitative estimate of drug-likeness (QED) is 0.405. The zero-order valence-corrected chi connectivity index (χ0v) is 11.2. The lowest BCUT2D eigenvalue weighted by atomic mass is 9.97. The second-order valence-corrected chi connectivity index (χ2v) is 4.31. The maximum Gasteiger partial charge on any atom is 0.470 e. The van der Waals surface area contributed by atoms with Gasteiger partial charge in [-0.3, -0.25) is 0 Å². The van der Waals surface area contributed by atoms with Crippen LogP contribution in [0.1, 0.15) is 13.3 Å². The molecule has 0 amide bonds. The fraction of sp³-hybridized carbons (Fsp3) is 0.800. The van der Waals surface area contributed by atoms with Gasteiger partial charge in [-0.2, -0.15) is 57.1 Å². The Hall–Kier alpha value is -1.37. The Labute approximate surface area is 125 Å². The van der Waals surface area contributed by atoms with E-state index in [0.29, 0.717) is 0 Å². The average molecular weight is 390 g/mol. The van der Waals surface area contributed by atoms with Gasteiger partial charge in [-0.15, -0.1) is 0 Å². The first-order valence-corrected chi connectivity index (χ1v) is 5.53. The summed E-state index contributed by atoms with van der Waals surface area (Å²) in [4.78, 5) is 0. The highest BCUT2D eigenvalue weighted by Crippen LogP contribution is 2.60. The minimum absolute atomic E-state index is 0.716. The van der Waals surface area contributed by atoms with Crippen molar-refractivity contribution in [2.24, 2.45) is 0 Å². The van der Waals surface area contributed by atoms with E-state index in [2.05, 4.69) is 11.3 Å². The van der Waals surface area contributed by atoms with E-state index >= 15 is 0 Å². The van der Waals surface area contributed by atoms with Crippen molar-refractivity contribution >= 4 is 0 Å². The molecule has 144 valence electrons. The lowest BCUT2D eigenvalue weighted by Crippen LogP contribution is -2.70. The molecule has 0 saturated heterocycles. The molecule has 24 heavy (non-hydrogen) atoms. The van der Waals surface area contributed by atoms with E-state index in [9.17, 15) is 57.1 Å². The van der Waals surface area contributed by atoms with Gasteiger partial charge in [0.25, 0.3) is 0 Å². The van der Waals surface area contributed by atoms with Crippen molar-refractivity contribution in [1.82, 2.24) is 0 Å². The molecule has 0 aromatic rings. The normalized spacial score (nSPS) is 15.4. The maximum atomic E-state index is 13.0. The summed E-state index contributed by atoms with van der Waals surface area (Å²) in [6.07, 6.45) is -14.7. The lowest BCUT2D eigenvalue weighted by Gasteiger charge is -2.39. The molecule has 0 fully saturated rings. The van der Waals surface area contributed by atoms with Gasteiger partial charge in [0.05, 0.1) is 5.76 Å². The van der Waals surface area contributed by atoms with Crippen LogP contribution in [-0.4, -0.2) is 36.0 Å². The Morgan fingerprint density at radius 2 is 1.00 bits per heavy atom. The van der Waals surface area contributed by atoms with Gasteiger partial charge in [-0.05, 0) is 0 Å². The van der Waals surface area contributed by atoms with Gasteiger partial charge in [-0.1, -0.05) is 13.5 Å². The Morgan fingerprint density at radius 1 is 0.667 bits per heavy atom. The fourth-order valence-electron chi connectivity index (χ4n) is 1.07. The van der Waals surface area contributed by atoms with Crippen molar-refractivity contribution in [3.05, 3.63) is 12.3 Å². The Morgan fingerprint density at radius 3 is 1.29 bits per heavy atom. The van der Waals surface area contributed by atoms with Crippen LogP contribution in [0.4, 0.5) is 57.1 Å². The van der Waals surface area contributed by atoms with Gasteiger partial charge in [0.2, 0.25) is 0 Å². The summed E-state index contributed by atoms with van der Waals surface area (Å²) in [6, 6.07) is 0. The van der Waals surface area contributed by atoms with Crippen LogP contribution in [-0.2, 0) is 4.74 Å². The van der Waals surface area contributed by atoms with E-state index in [-0.39, 0.29) is 0 Å². The van der Waals surface area contributed by atoms with Gasteiger partial charge >= 0.3 is 36.0 Å². The largest absolute Gasteiger partial charge is 0.470 e. The first kappa shape index (κ1) is 22.6. The van der Waals surface area contributed by atoms with E-state index in [1.165, 1.54) is 0 Å². The van der Waals surface area contributed by atoms with Gasteiger partial charge < -0.3 is 4.74 Å². The van der Waals surface area contributed by atoms with Crippen LogP contribution in [0, 0.1) is 0 Å². The number of alkyl halides is 13. The zero-order chi connectivity index (χ0) is 20.0. The number of hydrogen-bond acceptors (Lipinski definition) is 1. The van der Waals surface area contributed by atoms with E-state index < -0.39 is 48.2 Å². The van der Waals surface area contributed by atoms with Crippen LogP contribution in [0.25, 0.3) is 0 Å². The SMILES string of the molecule is C=C(CC)OC(F)(F)C(F)(F)C(F)(F)C(F)(F)C(F)(F)C(F)(F)F. The molecule has 14 heteroatoms. The molecule has 0 spiro atoms. The molecule has 0 bridgehead atoms. The molecule has 0 aliphatic carbocycles. The fourth-order valence-corrected chi connectivity index (χ4v) is 1.07. The molecular weight excluding hydrogens is 383 g/mol. The second kappa shape index (κ2) is 5.86. The first-order valence-electron chi connectivity index (χ1n) is 5.53. The van der Waals surface area contributed by atoms with Gasteiger partial charge in [0.15, 0.2) is 0 Å². The molecule has 0 aliphatic heterocycles. The average Bonchev–Trinajstić information content (AvgIpc) is 2.35. The second-order valence-electron chi connectivity index (χ2n) is 4.31. The molecule has 0 N–H and O–H groups in total. The molecule has 1 nitrogen and oxygen atoms in total. The summed E-state index contributed by atoms with van der Waals surface area (Å²) in [5, 5.41) is 0. The van der Waals surface area contributed by atoms with Crippen molar-refractivity contribution < 1.29 is 61.8 Å². The van der Waals surface area contributed by atoms with Crippen LogP contribution in [0.15, 0.2) is 12.3 Å². The maximum absolute atomic E-state index is 13.0. The minimum atomic E-state index is -7.93. The highest BCUT2D eigenvalue weighted by atomic mass is 19.4. The number of allylic oxidation sites excluding steroid dienone is 1. The molecular formula is C10H7F13O. The highest BCUT2D eigenvalue weighted by Gasteiger charge is 2.91. The smallest absolute Gasteiger partial charge is 0.433 e. The molecule has 0 rings (SSSR count). The van der Waals surface area contributed by atoms with Crippen molar-refractivity contribution in [2.75, 3.05) is 0 Å².